The number of benzene rings is 1. The fourth-order valence-corrected chi connectivity index (χ4v) is 2.16. The van der Waals surface area contributed by atoms with Crippen LogP contribution in [0, 0.1) is 5.92 Å². The smallest absolute Gasteiger partial charge is 0.408 e. The third kappa shape index (κ3) is 5.15. The number of thioether (sulfide) groups is 1. The van der Waals surface area contributed by atoms with Crippen LogP contribution in [0.4, 0.5) is 4.79 Å². The molecule has 1 amide bonds. The number of carbonyl (C=O) groups excluding carboxylic acids is 1. The zero-order valence-electron chi connectivity index (χ0n) is 12.3. The molecule has 1 aromatic rings. The van der Waals surface area contributed by atoms with Gasteiger partial charge >= 0.3 is 6.09 Å². The molecule has 1 N–H and O–H groups in total. The zero-order valence-corrected chi connectivity index (χ0v) is 13.1. The molecule has 0 unspecified atom stereocenters. The van der Waals surface area contributed by atoms with E-state index in [1.807, 2.05) is 31.4 Å². The lowest BCUT2D eigenvalue weighted by Gasteiger charge is -2.13. The van der Waals surface area contributed by atoms with Crippen LogP contribution in [0.3, 0.4) is 0 Å². The van der Waals surface area contributed by atoms with E-state index in [1.165, 1.54) is 4.90 Å². The monoisotopic (exact) mass is 281 g/mol. The Labute approximate surface area is 120 Å². The molecule has 4 heteroatoms. The molecule has 1 aliphatic rings. The molecule has 0 aliphatic carbocycles. The van der Waals surface area contributed by atoms with Gasteiger partial charge in [0.1, 0.15) is 6.10 Å². The van der Waals surface area contributed by atoms with Gasteiger partial charge < -0.3 is 10.1 Å². The molecule has 2 atom stereocenters. The van der Waals surface area contributed by atoms with Gasteiger partial charge in [-0.2, -0.15) is 0 Å². The Hall–Kier alpha value is -1.16. The van der Waals surface area contributed by atoms with Gasteiger partial charge in [-0.3, -0.25) is 0 Å². The van der Waals surface area contributed by atoms with Crippen molar-refractivity contribution in [3.05, 3.63) is 29.8 Å². The summed E-state index contributed by atoms with van der Waals surface area (Å²) in [7, 11) is 0. The van der Waals surface area contributed by atoms with E-state index in [4.69, 9.17) is 4.74 Å². The molecule has 1 aliphatic heterocycles. The number of alkyl carbamates (subject to hydrolysis) is 1. The topological polar surface area (TPSA) is 38.3 Å². The third-order valence-corrected chi connectivity index (χ3v) is 3.18. The summed E-state index contributed by atoms with van der Waals surface area (Å²) in [5.74, 6) is 0.833. The lowest BCUT2D eigenvalue weighted by atomic mass is 10.0. The van der Waals surface area contributed by atoms with E-state index < -0.39 is 0 Å². The molecule has 1 heterocycles. The number of hydrogen-bond acceptors (Lipinski definition) is 3. The highest BCUT2D eigenvalue weighted by Gasteiger charge is 2.31. The summed E-state index contributed by atoms with van der Waals surface area (Å²) in [6.07, 6.45) is 1.54. The second-order valence-corrected chi connectivity index (χ2v) is 6.15. The summed E-state index contributed by atoms with van der Waals surface area (Å²) >= 11 is 1.68. The van der Waals surface area contributed by atoms with Crippen molar-refractivity contribution in [2.75, 3.05) is 6.26 Å². The molecule has 0 bridgehead atoms. The van der Waals surface area contributed by atoms with Gasteiger partial charge in [0.05, 0.1) is 6.04 Å². The van der Waals surface area contributed by atoms with Crippen molar-refractivity contribution >= 4 is 17.9 Å². The van der Waals surface area contributed by atoms with Gasteiger partial charge in [0.15, 0.2) is 0 Å². The van der Waals surface area contributed by atoms with Crippen molar-refractivity contribution in [3.8, 4) is 0 Å². The van der Waals surface area contributed by atoms with Crippen LogP contribution >= 0.6 is 11.8 Å². The van der Waals surface area contributed by atoms with Crippen molar-refractivity contribution in [1.82, 2.24) is 5.32 Å². The number of rotatable bonds is 2. The second-order valence-electron chi connectivity index (χ2n) is 5.27. The first-order chi connectivity index (χ1) is 8.93. The molecule has 2 rings (SSSR count). The number of cyclic esters (lactones) is 1. The molecular weight excluding hydrogens is 258 g/mol. The summed E-state index contributed by atoms with van der Waals surface area (Å²) in [6.45, 7) is 8.45. The molecule has 0 saturated carbocycles. The Morgan fingerprint density at radius 2 is 1.95 bits per heavy atom. The van der Waals surface area contributed by atoms with Gasteiger partial charge in [-0.15, -0.1) is 11.8 Å². The van der Waals surface area contributed by atoms with Crippen LogP contribution in [0.1, 0.15) is 39.4 Å². The van der Waals surface area contributed by atoms with Gasteiger partial charge in [0, 0.05) is 4.90 Å². The van der Waals surface area contributed by atoms with E-state index in [-0.39, 0.29) is 18.2 Å². The minimum absolute atomic E-state index is 0.0367. The van der Waals surface area contributed by atoms with Crippen molar-refractivity contribution in [1.29, 1.82) is 0 Å². The SMILES string of the molecule is CC(C)C.CSc1cccc([C@H]2OC(=O)N[C@H]2C)c1. The van der Waals surface area contributed by atoms with E-state index >= 15 is 0 Å². The Bertz CT molecular complexity index is 418. The second kappa shape index (κ2) is 7.43. The summed E-state index contributed by atoms with van der Waals surface area (Å²) in [5, 5.41) is 2.73. The van der Waals surface area contributed by atoms with Gasteiger partial charge in [0.25, 0.3) is 0 Å². The van der Waals surface area contributed by atoms with Crippen molar-refractivity contribution in [2.45, 2.75) is 44.7 Å². The van der Waals surface area contributed by atoms with Crippen LogP contribution < -0.4 is 5.32 Å². The Kier molecular flexibility index (Phi) is 6.22. The van der Waals surface area contributed by atoms with Crippen molar-refractivity contribution in [2.24, 2.45) is 5.92 Å². The first-order valence-electron chi connectivity index (χ1n) is 6.55. The highest BCUT2D eigenvalue weighted by molar-refractivity contribution is 7.98. The van der Waals surface area contributed by atoms with Crippen molar-refractivity contribution in [3.63, 3.8) is 0 Å². The lowest BCUT2D eigenvalue weighted by molar-refractivity contribution is 0.134. The lowest BCUT2D eigenvalue weighted by Crippen LogP contribution is -2.23. The first kappa shape index (κ1) is 15.9. The van der Waals surface area contributed by atoms with Crippen LogP contribution in [0.25, 0.3) is 0 Å². The average Bonchev–Trinajstić information content (AvgIpc) is 2.68. The molecule has 0 spiro atoms. The van der Waals surface area contributed by atoms with Gasteiger partial charge in [-0.1, -0.05) is 32.9 Å². The summed E-state index contributed by atoms with van der Waals surface area (Å²) in [4.78, 5) is 12.2. The minimum atomic E-state index is -0.331. The van der Waals surface area contributed by atoms with Crippen LogP contribution in [0.5, 0.6) is 0 Å². The van der Waals surface area contributed by atoms with Crippen LogP contribution in [-0.2, 0) is 4.74 Å². The Morgan fingerprint density at radius 3 is 2.42 bits per heavy atom. The molecule has 1 saturated heterocycles. The molecule has 19 heavy (non-hydrogen) atoms. The predicted molar refractivity (Wildman–Crippen MR) is 80.6 cm³/mol. The highest BCUT2D eigenvalue weighted by Crippen LogP contribution is 2.28. The Balaban J connectivity index is 0.000000399. The third-order valence-electron chi connectivity index (χ3n) is 2.46. The molecule has 1 aromatic carbocycles. The molecule has 3 nitrogen and oxygen atoms in total. The summed E-state index contributed by atoms with van der Waals surface area (Å²) < 4.78 is 5.20. The first-order valence-corrected chi connectivity index (χ1v) is 7.77. The van der Waals surface area contributed by atoms with Crippen LogP contribution in [0.2, 0.25) is 0 Å². The van der Waals surface area contributed by atoms with Gasteiger partial charge in [0.2, 0.25) is 0 Å². The zero-order chi connectivity index (χ0) is 14.4. The number of carbonyl (C=O) groups is 1. The van der Waals surface area contributed by atoms with E-state index in [0.29, 0.717) is 0 Å². The quantitative estimate of drug-likeness (QED) is 0.824. The molecule has 0 aromatic heterocycles. The fourth-order valence-electron chi connectivity index (χ4n) is 1.69. The maximum atomic E-state index is 11.1. The average molecular weight is 281 g/mol. The molecule has 106 valence electrons. The van der Waals surface area contributed by atoms with Crippen LogP contribution in [-0.4, -0.2) is 18.4 Å². The fraction of sp³-hybridized carbons (Fsp3) is 0.533. The maximum absolute atomic E-state index is 11.1. The molecule has 0 radical (unpaired) electrons. The van der Waals surface area contributed by atoms with E-state index in [1.54, 1.807) is 11.8 Å². The molecule has 1 fully saturated rings. The number of amides is 1. The Morgan fingerprint density at radius 1 is 1.32 bits per heavy atom. The van der Waals surface area contributed by atoms with Gasteiger partial charge in [-0.05, 0) is 36.8 Å². The minimum Gasteiger partial charge on any atom is -0.439 e. The summed E-state index contributed by atoms with van der Waals surface area (Å²) in [6, 6.07) is 8.12. The number of ether oxygens (including phenoxy) is 1. The maximum Gasteiger partial charge on any atom is 0.408 e. The number of nitrogens with one attached hydrogen (secondary N) is 1. The largest absolute Gasteiger partial charge is 0.439 e. The highest BCUT2D eigenvalue weighted by atomic mass is 32.2. The molecular formula is C15H23NO2S. The summed E-state index contributed by atoms with van der Waals surface area (Å²) in [5.41, 5.74) is 1.05. The van der Waals surface area contributed by atoms with Gasteiger partial charge in [-0.25, -0.2) is 4.79 Å². The van der Waals surface area contributed by atoms with Crippen LogP contribution in [0.15, 0.2) is 29.2 Å². The normalized spacial score (nSPS) is 21.5. The standard InChI is InChI=1S/C11H13NO2S.C4H10/c1-7-10(14-11(13)12-7)8-4-3-5-9(6-8)15-2;1-4(2)3/h3-7,10H,1-2H3,(H,12,13);4H,1-3H3/t7-,10-;/m0./s1. The van der Waals surface area contributed by atoms with E-state index in [0.717, 1.165) is 11.5 Å². The number of hydrogen-bond donors (Lipinski definition) is 1. The van der Waals surface area contributed by atoms with E-state index in [2.05, 4.69) is 32.2 Å². The van der Waals surface area contributed by atoms with E-state index in [9.17, 15) is 4.79 Å². The predicted octanol–water partition coefficient (Wildman–Crippen LogP) is 4.24. The van der Waals surface area contributed by atoms with Crippen molar-refractivity contribution < 1.29 is 9.53 Å².